The predicted molar refractivity (Wildman–Crippen MR) is 76.1 cm³/mol. The molecule has 2 fully saturated rings. The molecule has 4 rings (SSSR count). The molecular weight excluding hydrogens is 304 g/mol. The summed E-state index contributed by atoms with van der Waals surface area (Å²) in [5.41, 5.74) is 2.58. The van der Waals surface area contributed by atoms with Crippen LogP contribution in [0.3, 0.4) is 0 Å². The maximum absolute atomic E-state index is 4.82. The molecule has 2 aliphatic rings. The van der Waals surface area contributed by atoms with Crippen LogP contribution < -0.4 is 0 Å². The van der Waals surface area contributed by atoms with Gasteiger partial charge >= 0.3 is 0 Å². The summed E-state index contributed by atoms with van der Waals surface area (Å²) in [6.07, 6.45) is 11.4. The van der Waals surface area contributed by atoms with Crippen molar-refractivity contribution in [1.29, 1.82) is 0 Å². The molecule has 2 heterocycles. The van der Waals surface area contributed by atoms with Crippen molar-refractivity contribution in [3.63, 3.8) is 0 Å². The highest BCUT2D eigenvalue weighted by atomic mass is 79.9. The lowest BCUT2D eigenvalue weighted by atomic mass is 9.93. The van der Waals surface area contributed by atoms with E-state index in [1.807, 2.05) is 17.9 Å². The Hall–Kier alpha value is -1.10. The highest BCUT2D eigenvalue weighted by Gasteiger charge is 2.43. The Morgan fingerprint density at radius 1 is 1.26 bits per heavy atom. The lowest BCUT2D eigenvalue weighted by Gasteiger charge is -2.25. The zero-order valence-electron chi connectivity index (χ0n) is 11.0. The fraction of sp³-hybridized carbons (Fsp3) is 0.571. The molecule has 100 valence electrons. The molecule has 4 nitrogen and oxygen atoms in total. The third-order valence-electron chi connectivity index (χ3n) is 4.46. The lowest BCUT2D eigenvalue weighted by Crippen LogP contribution is -2.17. The third kappa shape index (κ3) is 1.95. The maximum atomic E-state index is 4.82. The average molecular weight is 321 g/mol. The molecule has 2 aromatic heterocycles. The molecule has 0 bridgehead atoms. The van der Waals surface area contributed by atoms with Crippen molar-refractivity contribution in [2.24, 2.45) is 7.05 Å². The topological polar surface area (TPSA) is 35.6 Å². The molecule has 19 heavy (non-hydrogen) atoms. The molecule has 0 saturated heterocycles. The molecule has 0 spiro atoms. The molecule has 0 amide bonds. The summed E-state index contributed by atoms with van der Waals surface area (Å²) < 4.78 is 5.23. The standard InChI is InChI=1S/C14H17BrN4/c1-18-7-9(6-16-18)11-5-12(11)14-13(15)8-19(17-14)10-3-2-4-10/h6-8,10-12H,2-5H2,1H3. The summed E-state index contributed by atoms with van der Waals surface area (Å²) in [6, 6.07) is 0.639. The molecule has 2 aliphatic carbocycles. The van der Waals surface area contributed by atoms with E-state index in [0.717, 1.165) is 0 Å². The summed E-state index contributed by atoms with van der Waals surface area (Å²) in [6.45, 7) is 0. The molecule has 0 N–H and O–H groups in total. The van der Waals surface area contributed by atoms with Crippen molar-refractivity contribution in [3.8, 4) is 0 Å². The highest BCUT2D eigenvalue weighted by molar-refractivity contribution is 9.10. The van der Waals surface area contributed by atoms with E-state index in [0.29, 0.717) is 17.9 Å². The van der Waals surface area contributed by atoms with Crippen molar-refractivity contribution >= 4 is 15.9 Å². The Kier molecular flexibility index (Phi) is 2.59. The SMILES string of the molecule is Cn1cc(C2CC2c2nn(C3CCC3)cc2Br)cn1. The van der Waals surface area contributed by atoms with Gasteiger partial charge in [0, 0.05) is 25.4 Å². The van der Waals surface area contributed by atoms with Crippen LogP contribution in [0.4, 0.5) is 0 Å². The monoisotopic (exact) mass is 320 g/mol. The third-order valence-corrected chi connectivity index (χ3v) is 5.07. The molecule has 2 aromatic rings. The first-order valence-corrected chi connectivity index (χ1v) is 7.75. The van der Waals surface area contributed by atoms with E-state index in [4.69, 9.17) is 5.10 Å². The summed E-state index contributed by atoms with van der Waals surface area (Å²) in [7, 11) is 1.97. The number of rotatable bonds is 3. The molecular formula is C14H17BrN4. The number of hydrogen-bond acceptors (Lipinski definition) is 2. The van der Waals surface area contributed by atoms with Gasteiger partial charge in [-0.1, -0.05) is 0 Å². The minimum absolute atomic E-state index is 0.569. The van der Waals surface area contributed by atoms with Gasteiger partial charge in [0.1, 0.15) is 0 Å². The van der Waals surface area contributed by atoms with Gasteiger partial charge in [-0.15, -0.1) is 0 Å². The van der Waals surface area contributed by atoms with Gasteiger partial charge in [0.15, 0.2) is 0 Å². The van der Waals surface area contributed by atoms with Crippen molar-refractivity contribution in [2.45, 2.75) is 43.6 Å². The second-order valence-corrected chi connectivity index (χ2v) is 6.68. The van der Waals surface area contributed by atoms with Crippen LogP contribution in [-0.2, 0) is 7.05 Å². The minimum atomic E-state index is 0.569. The van der Waals surface area contributed by atoms with Gasteiger partial charge in [-0.2, -0.15) is 10.2 Å². The van der Waals surface area contributed by atoms with Crippen molar-refractivity contribution in [1.82, 2.24) is 19.6 Å². The van der Waals surface area contributed by atoms with Gasteiger partial charge in [-0.05, 0) is 53.1 Å². The van der Waals surface area contributed by atoms with E-state index >= 15 is 0 Å². The fourth-order valence-electron chi connectivity index (χ4n) is 2.97. The smallest absolute Gasteiger partial charge is 0.0803 e. The van der Waals surface area contributed by atoms with Crippen LogP contribution in [0, 0.1) is 0 Å². The fourth-order valence-corrected chi connectivity index (χ4v) is 3.55. The molecule has 2 saturated carbocycles. The van der Waals surface area contributed by atoms with Gasteiger partial charge in [0.05, 0.1) is 22.4 Å². The molecule has 0 aliphatic heterocycles. The Labute approximate surface area is 120 Å². The minimum Gasteiger partial charge on any atom is -0.276 e. The van der Waals surface area contributed by atoms with Crippen LogP contribution in [0.15, 0.2) is 23.1 Å². The number of aryl methyl sites for hydroxylation is 1. The maximum Gasteiger partial charge on any atom is 0.0803 e. The summed E-state index contributed by atoms with van der Waals surface area (Å²) in [5.74, 6) is 1.18. The number of aromatic nitrogens is 4. The number of hydrogen-bond donors (Lipinski definition) is 0. The summed E-state index contributed by atoms with van der Waals surface area (Å²) in [5, 5.41) is 9.08. The van der Waals surface area contributed by atoms with Crippen molar-refractivity contribution < 1.29 is 0 Å². The normalized spacial score (nSPS) is 26.4. The van der Waals surface area contributed by atoms with E-state index in [9.17, 15) is 0 Å². The van der Waals surface area contributed by atoms with E-state index in [2.05, 4.69) is 38.1 Å². The Morgan fingerprint density at radius 2 is 2.11 bits per heavy atom. The highest BCUT2D eigenvalue weighted by Crippen LogP contribution is 2.55. The Morgan fingerprint density at radius 3 is 2.74 bits per heavy atom. The summed E-state index contributed by atoms with van der Waals surface area (Å²) in [4.78, 5) is 0. The van der Waals surface area contributed by atoms with E-state index in [1.54, 1.807) is 0 Å². The van der Waals surface area contributed by atoms with Crippen molar-refractivity contribution in [2.75, 3.05) is 0 Å². The van der Waals surface area contributed by atoms with Gasteiger partial charge in [0.25, 0.3) is 0 Å². The van der Waals surface area contributed by atoms with Gasteiger partial charge in [0.2, 0.25) is 0 Å². The predicted octanol–water partition coefficient (Wildman–Crippen LogP) is 3.38. The largest absolute Gasteiger partial charge is 0.276 e. The zero-order chi connectivity index (χ0) is 13.0. The van der Waals surface area contributed by atoms with Crippen LogP contribution in [-0.4, -0.2) is 19.6 Å². The van der Waals surface area contributed by atoms with E-state index in [1.165, 1.54) is 41.4 Å². The second-order valence-electron chi connectivity index (χ2n) is 5.82. The quantitative estimate of drug-likeness (QED) is 0.869. The lowest BCUT2D eigenvalue weighted by molar-refractivity contribution is 0.288. The Bertz CT molecular complexity index is 611. The van der Waals surface area contributed by atoms with Crippen LogP contribution >= 0.6 is 15.9 Å². The first-order chi connectivity index (χ1) is 9.22. The van der Waals surface area contributed by atoms with Gasteiger partial charge < -0.3 is 0 Å². The Balaban J connectivity index is 1.55. The summed E-state index contributed by atoms with van der Waals surface area (Å²) >= 11 is 3.68. The van der Waals surface area contributed by atoms with E-state index < -0.39 is 0 Å². The molecule has 0 radical (unpaired) electrons. The van der Waals surface area contributed by atoms with Crippen molar-refractivity contribution in [3.05, 3.63) is 34.3 Å². The van der Waals surface area contributed by atoms with Crippen LogP contribution in [0.5, 0.6) is 0 Å². The second kappa shape index (κ2) is 4.20. The first-order valence-electron chi connectivity index (χ1n) is 6.95. The molecule has 2 unspecified atom stereocenters. The zero-order valence-corrected chi connectivity index (χ0v) is 12.5. The molecule has 5 heteroatoms. The number of nitrogens with zero attached hydrogens (tertiary/aromatic N) is 4. The van der Waals surface area contributed by atoms with Crippen LogP contribution in [0.1, 0.15) is 54.8 Å². The van der Waals surface area contributed by atoms with Crippen LogP contribution in [0.2, 0.25) is 0 Å². The first kappa shape index (κ1) is 11.7. The molecule has 0 aromatic carbocycles. The van der Waals surface area contributed by atoms with E-state index in [-0.39, 0.29) is 0 Å². The van der Waals surface area contributed by atoms with Gasteiger partial charge in [-0.25, -0.2) is 0 Å². The van der Waals surface area contributed by atoms with Crippen LogP contribution in [0.25, 0.3) is 0 Å². The number of halogens is 1. The average Bonchev–Trinajstić information content (AvgIpc) is 2.84. The van der Waals surface area contributed by atoms with Gasteiger partial charge in [-0.3, -0.25) is 9.36 Å². The molecule has 2 atom stereocenters.